The van der Waals surface area contributed by atoms with Gasteiger partial charge < -0.3 is 10.6 Å². The minimum atomic E-state index is -0.287. The van der Waals surface area contributed by atoms with Crippen molar-refractivity contribution in [2.45, 2.75) is 19.3 Å². The van der Waals surface area contributed by atoms with E-state index in [1.165, 1.54) is 11.8 Å². The van der Waals surface area contributed by atoms with Gasteiger partial charge in [0.1, 0.15) is 0 Å². The molecule has 0 bridgehead atoms. The van der Waals surface area contributed by atoms with Crippen LogP contribution >= 0.6 is 11.8 Å². The fourth-order valence-electron chi connectivity index (χ4n) is 3.03. The van der Waals surface area contributed by atoms with Gasteiger partial charge in [-0.2, -0.15) is 5.26 Å². The van der Waals surface area contributed by atoms with E-state index < -0.39 is 0 Å². The average Bonchev–Trinajstić information content (AvgIpc) is 2.67. The molecule has 1 aliphatic rings. The molecule has 0 saturated heterocycles. The summed E-state index contributed by atoms with van der Waals surface area (Å²) in [5, 5.41) is 15.7. The fraction of sp³-hybridized carbons (Fsp3) is 0.190. The third-order valence-electron chi connectivity index (χ3n) is 4.33. The van der Waals surface area contributed by atoms with Crippen molar-refractivity contribution in [3.8, 4) is 6.07 Å². The summed E-state index contributed by atoms with van der Waals surface area (Å²) in [6.07, 6.45) is 0.230. The van der Waals surface area contributed by atoms with Crippen LogP contribution in [0.1, 0.15) is 23.5 Å². The molecule has 2 amide bonds. The molecule has 1 unspecified atom stereocenters. The Balaban J connectivity index is 1.77. The molecule has 1 aliphatic heterocycles. The molecule has 0 fully saturated rings. The maximum atomic E-state index is 12.2. The SMILES string of the molecule is Cc1ccccc1C1CC(=O)NC(SCC(=O)Nc2ccccc2)=C1C#N. The largest absolute Gasteiger partial charge is 0.325 e. The Hall–Kier alpha value is -3.04. The summed E-state index contributed by atoms with van der Waals surface area (Å²) in [5.74, 6) is -0.517. The Morgan fingerprint density at radius 2 is 1.93 bits per heavy atom. The summed E-state index contributed by atoms with van der Waals surface area (Å²) in [6.45, 7) is 1.97. The monoisotopic (exact) mass is 377 g/mol. The standard InChI is InChI=1S/C21H19N3O2S/c1-14-7-5-6-10-16(14)17-11-19(25)24-21(18(17)12-22)27-13-20(26)23-15-8-3-2-4-9-15/h2-10,17H,11,13H2,1H3,(H,23,26)(H,24,25). The second kappa shape index (κ2) is 8.56. The van der Waals surface area contributed by atoms with E-state index in [0.717, 1.165) is 11.1 Å². The normalized spacial score (nSPS) is 16.4. The molecule has 0 aromatic heterocycles. The molecule has 6 heteroatoms. The maximum Gasteiger partial charge on any atom is 0.234 e. The second-order valence-corrected chi connectivity index (χ2v) is 7.20. The molecule has 2 aromatic carbocycles. The van der Waals surface area contributed by atoms with Crippen LogP contribution in [0.25, 0.3) is 0 Å². The highest BCUT2D eigenvalue weighted by atomic mass is 32.2. The highest BCUT2D eigenvalue weighted by molar-refractivity contribution is 8.03. The van der Waals surface area contributed by atoms with Crippen LogP contribution in [-0.4, -0.2) is 17.6 Å². The van der Waals surface area contributed by atoms with Crippen molar-refractivity contribution in [3.63, 3.8) is 0 Å². The minimum absolute atomic E-state index is 0.107. The lowest BCUT2D eigenvalue weighted by atomic mass is 9.85. The smallest absolute Gasteiger partial charge is 0.234 e. The van der Waals surface area contributed by atoms with E-state index in [2.05, 4.69) is 16.7 Å². The topological polar surface area (TPSA) is 82.0 Å². The number of aryl methyl sites for hydroxylation is 1. The zero-order valence-corrected chi connectivity index (χ0v) is 15.7. The van der Waals surface area contributed by atoms with E-state index in [9.17, 15) is 14.9 Å². The molecule has 2 aromatic rings. The van der Waals surface area contributed by atoms with Crippen LogP contribution in [0.3, 0.4) is 0 Å². The van der Waals surface area contributed by atoms with Gasteiger partial charge in [-0.25, -0.2) is 0 Å². The molecule has 136 valence electrons. The van der Waals surface area contributed by atoms with Gasteiger partial charge in [0.15, 0.2) is 0 Å². The quantitative estimate of drug-likeness (QED) is 0.832. The van der Waals surface area contributed by atoms with Crippen LogP contribution in [-0.2, 0) is 9.59 Å². The first-order valence-corrected chi connectivity index (χ1v) is 9.54. The first-order valence-electron chi connectivity index (χ1n) is 8.56. The van der Waals surface area contributed by atoms with Gasteiger partial charge in [-0.3, -0.25) is 9.59 Å². The number of anilines is 1. The van der Waals surface area contributed by atoms with Crippen molar-refractivity contribution in [1.82, 2.24) is 5.32 Å². The Morgan fingerprint density at radius 1 is 1.22 bits per heavy atom. The number of hydrogen-bond donors (Lipinski definition) is 2. The van der Waals surface area contributed by atoms with Crippen LogP contribution < -0.4 is 10.6 Å². The van der Waals surface area contributed by atoms with Crippen molar-refractivity contribution in [2.24, 2.45) is 0 Å². The number of carbonyl (C=O) groups is 2. The van der Waals surface area contributed by atoms with Crippen LogP contribution in [0.4, 0.5) is 5.69 Å². The van der Waals surface area contributed by atoms with Crippen molar-refractivity contribution < 1.29 is 9.59 Å². The first-order chi connectivity index (χ1) is 13.1. The molecule has 0 saturated carbocycles. The summed E-state index contributed by atoms with van der Waals surface area (Å²) in [6, 6.07) is 19.2. The number of benzene rings is 2. The molecule has 1 atom stereocenters. The van der Waals surface area contributed by atoms with Crippen molar-refractivity contribution >= 4 is 29.3 Å². The molecule has 0 spiro atoms. The number of amides is 2. The fourth-order valence-corrected chi connectivity index (χ4v) is 3.91. The summed E-state index contributed by atoms with van der Waals surface area (Å²) < 4.78 is 0. The van der Waals surface area contributed by atoms with Gasteiger partial charge in [0.2, 0.25) is 11.8 Å². The van der Waals surface area contributed by atoms with Crippen LogP contribution in [0, 0.1) is 18.3 Å². The zero-order chi connectivity index (χ0) is 19.2. The highest BCUT2D eigenvalue weighted by Crippen LogP contribution is 2.37. The van der Waals surface area contributed by atoms with E-state index in [1.807, 2.05) is 49.4 Å². The van der Waals surface area contributed by atoms with Crippen LogP contribution in [0.15, 0.2) is 65.2 Å². The lowest BCUT2D eigenvalue weighted by Crippen LogP contribution is -2.31. The molecule has 27 heavy (non-hydrogen) atoms. The number of nitrogens with one attached hydrogen (secondary N) is 2. The number of rotatable bonds is 5. The molecule has 2 N–H and O–H groups in total. The lowest BCUT2D eigenvalue weighted by molar-refractivity contribution is -0.121. The van der Waals surface area contributed by atoms with E-state index >= 15 is 0 Å². The maximum absolute atomic E-state index is 12.2. The number of para-hydroxylation sites is 1. The summed E-state index contributed by atoms with van der Waals surface area (Å²) in [7, 11) is 0. The molecule has 5 nitrogen and oxygen atoms in total. The number of carbonyl (C=O) groups excluding carboxylic acids is 2. The van der Waals surface area contributed by atoms with Gasteiger partial charge in [-0.15, -0.1) is 0 Å². The van der Waals surface area contributed by atoms with Crippen molar-refractivity contribution in [2.75, 3.05) is 11.1 Å². The summed E-state index contributed by atoms with van der Waals surface area (Å²) in [4.78, 5) is 24.4. The highest BCUT2D eigenvalue weighted by Gasteiger charge is 2.30. The molecule has 1 heterocycles. The number of thioether (sulfide) groups is 1. The summed E-state index contributed by atoms with van der Waals surface area (Å²) in [5.41, 5.74) is 3.22. The number of allylic oxidation sites excluding steroid dienone is 1. The third kappa shape index (κ3) is 4.57. The van der Waals surface area contributed by atoms with E-state index in [1.54, 1.807) is 12.1 Å². The van der Waals surface area contributed by atoms with Crippen LogP contribution in [0.5, 0.6) is 0 Å². The van der Waals surface area contributed by atoms with Gasteiger partial charge in [0, 0.05) is 18.0 Å². The molecular formula is C21H19N3O2S. The third-order valence-corrected chi connectivity index (χ3v) is 5.34. The van der Waals surface area contributed by atoms with Gasteiger partial charge in [-0.05, 0) is 30.2 Å². The minimum Gasteiger partial charge on any atom is -0.325 e. The number of hydrogen-bond acceptors (Lipinski definition) is 4. The Kier molecular flexibility index (Phi) is 5.94. The van der Waals surface area contributed by atoms with Crippen molar-refractivity contribution in [3.05, 3.63) is 76.3 Å². The van der Waals surface area contributed by atoms with E-state index in [0.29, 0.717) is 16.3 Å². The predicted molar refractivity (Wildman–Crippen MR) is 107 cm³/mol. The number of nitriles is 1. The van der Waals surface area contributed by atoms with Gasteiger partial charge >= 0.3 is 0 Å². The van der Waals surface area contributed by atoms with Gasteiger partial charge in [0.05, 0.1) is 22.4 Å². The first kappa shape index (κ1) is 18.7. The predicted octanol–water partition coefficient (Wildman–Crippen LogP) is 3.71. The van der Waals surface area contributed by atoms with Gasteiger partial charge in [0.25, 0.3) is 0 Å². The summed E-state index contributed by atoms with van der Waals surface area (Å²) >= 11 is 1.18. The van der Waals surface area contributed by atoms with Crippen molar-refractivity contribution in [1.29, 1.82) is 5.26 Å². The molecule has 0 radical (unpaired) electrons. The number of nitrogens with zero attached hydrogens (tertiary/aromatic N) is 1. The van der Waals surface area contributed by atoms with Crippen LogP contribution in [0.2, 0.25) is 0 Å². The molecule has 0 aliphatic carbocycles. The van der Waals surface area contributed by atoms with E-state index in [-0.39, 0.29) is 29.9 Å². The lowest BCUT2D eigenvalue weighted by Gasteiger charge is -2.26. The zero-order valence-electron chi connectivity index (χ0n) is 14.9. The molecular weight excluding hydrogens is 358 g/mol. The Bertz CT molecular complexity index is 932. The Morgan fingerprint density at radius 3 is 2.63 bits per heavy atom. The van der Waals surface area contributed by atoms with Gasteiger partial charge in [-0.1, -0.05) is 54.2 Å². The Labute approximate surface area is 162 Å². The average molecular weight is 377 g/mol. The second-order valence-electron chi connectivity index (χ2n) is 6.22. The molecule has 3 rings (SSSR count). The van der Waals surface area contributed by atoms with E-state index in [4.69, 9.17) is 0 Å².